The summed E-state index contributed by atoms with van der Waals surface area (Å²) in [5.74, 6) is 0. The minimum atomic E-state index is -4.30. The van der Waals surface area contributed by atoms with E-state index >= 15 is 0 Å². The fourth-order valence-corrected chi connectivity index (χ4v) is 4.37. The molecule has 4 rings (SSSR count). The Morgan fingerprint density at radius 2 is 1.85 bits per heavy atom. The second-order valence-electron chi connectivity index (χ2n) is 8.68. The third kappa shape index (κ3) is 5.83. The summed E-state index contributed by atoms with van der Waals surface area (Å²) in [5, 5.41) is 9.00. The Morgan fingerprint density at radius 1 is 1.06 bits per heavy atom. The van der Waals surface area contributed by atoms with Crippen molar-refractivity contribution in [2.24, 2.45) is 7.05 Å². The van der Waals surface area contributed by atoms with Gasteiger partial charge in [0, 0.05) is 57.0 Å². The maximum Gasteiger partial charge on any atom is 0.416 e. The predicted octanol–water partition coefficient (Wildman–Crippen LogP) is 3.99. The summed E-state index contributed by atoms with van der Waals surface area (Å²) in [6, 6.07) is 7.79. The lowest BCUT2D eigenvalue weighted by atomic mass is 10.1. The molecule has 3 aromatic rings. The van der Waals surface area contributed by atoms with E-state index in [0.717, 1.165) is 87.0 Å². The van der Waals surface area contributed by atoms with Crippen molar-refractivity contribution in [3.05, 3.63) is 53.3 Å². The predicted molar refractivity (Wildman–Crippen MR) is 124 cm³/mol. The van der Waals surface area contributed by atoms with E-state index in [1.807, 2.05) is 25.1 Å². The Balaban J connectivity index is 1.14. The summed E-state index contributed by atoms with van der Waals surface area (Å²) in [6.07, 6.45) is -0.224. The molecule has 6 nitrogen and oxygen atoms in total. The Morgan fingerprint density at radius 3 is 2.61 bits per heavy atom. The zero-order valence-corrected chi connectivity index (χ0v) is 19.2. The van der Waals surface area contributed by atoms with E-state index in [4.69, 9.17) is 0 Å². The minimum Gasteiger partial charge on any atom is -0.369 e. The van der Waals surface area contributed by atoms with Gasteiger partial charge in [-0.3, -0.25) is 9.58 Å². The number of unbranched alkanes of at least 4 members (excludes halogenated alkanes) is 1. The zero-order chi connectivity index (χ0) is 23.4. The molecule has 1 saturated heterocycles. The lowest BCUT2D eigenvalue weighted by Gasteiger charge is -2.36. The summed E-state index contributed by atoms with van der Waals surface area (Å²) >= 11 is 0. The molecular formula is C24H31F3N6. The largest absolute Gasteiger partial charge is 0.416 e. The second-order valence-corrected chi connectivity index (χ2v) is 8.68. The number of aryl methyl sites for hydroxylation is 2. The van der Waals surface area contributed by atoms with Crippen molar-refractivity contribution in [1.82, 2.24) is 25.0 Å². The van der Waals surface area contributed by atoms with Crippen molar-refractivity contribution in [3.63, 3.8) is 0 Å². The van der Waals surface area contributed by atoms with Crippen molar-refractivity contribution in [3.8, 4) is 0 Å². The summed E-state index contributed by atoms with van der Waals surface area (Å²) in [6.45, 7) is 7.99. The zero-order valence-electron chi connectivity index (χ0n) is 19.2. The Bertz CT molecular complexity index is 1070. The number of benzene rings is 1. The van der Waals surface area contributed by atoms with E-state index in [0.29, 0.717) is 5.69 Å². The van der Waals surface area contributed by atoms with Crippen LogP contribution in [0.5, 0.6) is 0 Å². The maximum absolute atomic E-state index is 13.0. The van der Waals surface area contributed by atoms with Crippen LogP contribution in [-0.2, 0) is 19.8 Å². The van der Waals surface area contributed by atoms with Crippen LogP contribution in [0.25, 0.3) is 11.0 Å². The average molecular weight is 461 g/mol. The number of anilines is 1. The number of piperazine rings is 1. The van der Waals surface area contributed by atoms with Gasteiger partial charge in [0.1, 0.15) is 0 Å². The first kappa shape index (κ1) is 23.5. The first-order chi connectivity index (χ1) is 15.8. The van der Waals surface area contributed by atoms with Crippen LogP contribution in [0.1, 0.15) is 29.7 Å². The third-order valence-corrected chi connectivity index (χ3v) is 6.24. The first-order valence-corrected chi connectivity index (χ1v) is 11.4. The van der Waals surface area contributed by atoms with Gasteiger partial charge in [0.05, 0.1) is 11.3 Å². The number of rotatable bonds is 8. The van der Waals surface area contributed by atoms with Crippen LogP contribution in [0.15, 0.2) is 36.5 Å². The lowest BCUT2D eigenvalue weighted by Crippen LogP contribution is -2.46. The van der Waals surface area contributed by atoms with E-state index in [2.05, 4.69) is 26.4 Å². The molecule has 1 aliphatic heterocycles. The molecule has 1 fully saturated rings. The molecule has 178 valence electrons. The highest BCUT2D eigenvalue weighted by Gasteiger charge is 2.31. The molecule has 0 atom stereocenters. The van der Waals surface area contributed by atoms with Crippen LogP contribution in [0.2, 0.25) is 0 Å². The van der Waals surface area contributed by atoms with Gasteiger partial charge in [-0.05, 0) is 62.7 Å². The van der Waals surface area contributed by atoms with Gasteiger partial charge in [-0.2, -0.15) is 18.3 Å². The van der Waals surface area contributed by atoms with Crippen molar-refractivity contribution in [1.29, 1.82) is 0 Å². The molecule has 0 aliphatic carbocycles. The fourth-order valence-electron chi connectivity index (χ4n) is 4.37. The molecule has 0 bridgehead atoms. The average Bonchev–Trinajstić information content (AvgIpc) is 3.09. The SMILES string of the molecule is Cc1nn(C)c2ncc(CNCCCCN3CCN(c4cccc(C(F)(F)F)c4)CC3)cc12. The first-order valence-electron chi connectivity index (χ1n) is 11.4. The van der Waals surface area contributed by atoms with Crippen molar-refractivity contribution < 1.29 is 13.2 Å². The van der Waals surface area contributed by atoms with Crippen LogP contribution < -0.4 is 10.2 Å². The monoisotopic (exact) mass is 460 g/mol. The molecule has 1 aliphatic rings. The standard InChI is InChI=1S/C24H31F3N6/c1-18-22-14-19(17-29-23(22)31(2)30-18)16-28-8-3-4-9-32-10-12-33(13-11-32)21-7-5-6-20(15-21)24(25,26)27/h5-7,14-15,17,28H,3-4,8-13,16H2,1-2H3. The van der Waals surface area contributed by atoms with Gasteiger partial charge in [-0.1, -0.05) is 6.07 Å². The van der Waals surface area contributed by atoms with E-state index < -0.39 is 11.7 Å². The molecule has 1 aromatic carbocycles. The Kier molecular flexibility index (Phi) is 7.19. The van der Waals surface area contributed by atoms with Gasteiger partial charge < -0.3 is 10.2 Å². The van der Waals surface area contributed by atoms with Gasteiger partial charge in [0.2, 0.25) is 0 Å². The molecule has 0 spiro atoms. The van der Waals surface area contributed by atoms with Gasteiger partial charge in [0.25, 0.3) is 0 Å². The van der Waals surface area contributed by atoms with Crippen molar-refractivity contribution in [2.45, 2.75) is 32.5 Å². The van der Waals surface area contributed by atoms with E-state index in [-0.39, 0.29) is 0 Å². The van der Waals surface area contributed by atoms with E-state index in [9.17, 15) is 13.2 Å². The van der Waals surface area contributed by atoms with E-state index in [1.54, 1.807) is 10.7 Å². The molecule has 1 N–H and O–H groups in total. The Labute approximate surface area is 192 Å². The molecule has 9 heteroatoms. The molecule has 0 saturated carbocycles. The molecular weight excluding hydrogens is 429 g/mol. The van der Waals surface area contributed by atoms with Crippen LogP contribution in [0.3, 0.4) is 0 Å². The smallest absolute Gasteiger partial charge is 0.369 e. The van der Waals surface area contributed by atoms with Crippen molar-refractivity contribution >= 4 is 16.7 Å². The van der Waals surface area contributed by atoms with E-state index in [1.165, 1.54) is 12.1 Å². The summed E-state index contributed by atoms with van der Waals surface area (Å²) in [4.78, 5) is 8.96. The molecule has 0 unspecified atom stereocenters. The van der Waals surface area contributed by atoms with Crippen molar-refractivity contribution in [2.75, 3.05) is 44.2 Å². The van der Waals surface area contributed by atoms with Gasteiger partial charge in [-0.25, -0.2) is 4.98 Å². The number of halogens is 3. The van der Waals surface area contributed by atoms with Crippen LogP contribution >= 0.6 is 0 Å². The van der Waals surface area contributed by atoms with Crippen LogP contribution in [0, 0.1) is 6.92 Å². The van der Waals surface area contributed by atoms with Gasteiger partial charge >= 0.3 is 6.18 Å². The van der Waals surface area contributed by atoms with Gasteiger partial charge in [-0.15, -0.1) is 0 Å². The number of nitrogens with one attached hydrogen (secondary N) is 1. The lowest BCUT2D eigenvalue weighted by molar-refractivity contribution is -0.137. The number of hydrogen-bond donors (Lipinski definition) is 1. The fraction of sp³-hybridized carbons (Fsp3) is 0.500. The molecule has 2 aromatic heterocycles. The molecule has 3 heterocycles. The number of hydrogen-bond acceptors (Lipinski definition) is 5. The topological polar surface area (TPSA) is 49.2 Å². The maximum atomic E-state index is 13.0. The summed E-state index contributed by atoms with van der Waals surface area (Å²) < 4.78 is 40.7. The Hall–Kier alpha value is -2.65. The highest BCUT2D eigenvalue weighted by molar-refractivity contribution is 5.78. The quantitative estimate of drug-likeness (QED) is 0.515. The second kappa shape index (κ2) is 10.1. The van der Waals surface area contributed by atoms with Gasteiger partial charge in [0.15, 0.2) is 5.65 Å². The highest BCUT2D eigenvalue weighted by atomic mass is 19.4. The number of pyridine rings is 1. The normalized spacial score (nSPS) is 15.5. The molecule has 33 heavy (non-hydrogen) atoms. The van der Waals surface area contributed by atoms with Crippen LogP contribution in [0.4, 0.5) is 18.9 Å². The number of alkyl halides is 3. The third-order valence-electron chi connectivity index (χ3n) is 6.24. The number of aromatic nitrogens is 3. The number of fused-ring (bicyclic) bond motifs is 1. The molecule has 0 amide bonds. The van der Waals surface area contributed by atoms with Crippen LogP contribution in [-0.4, -0.2) is 58.9 Å². The minimum absolute atomic E-state index is 0.582. The number of nitrogens with zero attached hydrogens (tertiary/aromatic N) is 5. The highest BCUT2D eigenvalue weighted by Crippen LogP contribution is 2.31. The summed E-state index contributed by atoms with van der Waals surface area (Å²) in [7, 11) is 1.91. The summed E-state index contributed by atoms with van der Waals surface area (Å²) in [5.41, 5.74) is 3.13. The molecule has 0 radical (unpaired) electrons.